The number of aromatic amines is 1. The van der Waals surface area contributed by atoms with Gasteiger partial charge in [0, 0.05) is 29.9 Å². The molecule has 0 aliphatic heterocycles. The van der Waals surface area contributed by atoms with Crippen molar-refractivity contribution >= 4 is 40.6 Å². The van der Waals surface area contributed by atoms with Gasteiger partial charge < -0.3 is 42.0 Å². The Morgan fingerprint density at radius 3 is 2.35 bits per heavy atom. The lowest BCUT2D eigenvalue weighted by Crippen LogP contribution is -2.54. The van der Waals surface area contributed by atoms with Gasteiger partial charge in [0.05, 0.1) is 13.2 Å². The van der Waals surface area contributed by atoms with Crippen molar-refractivity contribution in [3.63, 3.8) is 0 Å². The molecular formula is C21H27N5O8. The molecule has 0 aliphatic rings. The predicted molar refractivity (Wildman–Crippen MR) is 118 cm³/mol. The number of carboxylic acid groups (broad SMARTS) is 2. The summed E-state index contributed by atoms with van der Waals surface area (Å²) in [5.74, 6) is -5.01. The van der Waals surface area contributed by atoms with Crippen LogP contribution < -0.4 is 21.7 Å². The van der Waals surface area contributed by atoms with Gasteiger partial charge in [-0.3, -0.25) is 19.2 Å². The van der Waals surface area contributed by atoms with Gasteiger partial charge in [-0.05, 0) is 18.1 Å². The lowest BCUT2D eigenvalue weighted by atomic mass is 10.0. The highest BCUT2D eigenvalue weighted by atomic mass is 16.4. The Labute approximate surface area is 193 Å². The molecule has 0 radical (unpaired) electrons. The van der Waals surface area contributed by atoms with Gasteiger partial charge in [-0.15, -0.1) is 0 Å². The highest BCUT2D eigenvalue weighted by molar-refractivity contribution is 5.93. The number of nitrogens with two attached hydrogens (primary N) is 1. The van der Waals surface area contributed by atoms with E-state index in [2.05, 4.69) is 20.9 Å². The first-order chi connectivity index (χ1) is 16.1. The van der Waals surface area contributed by atoms with E-state index in [-0.39, 0.29) is 12.8 Å². The molecule has 184 valence electrons. The number of para-hydroxylation sites is 1. The molecule has 0 saturated carbocycles. The van der Waals surface area contributed by atoms with E-state index in [4.69, 9.17) is 15.9 Å². The summed E-state index contributed by atoms with van der Waals surface area (Å²) in [6.45, 7) is -1.30. The van der Waals surface area contributed by atoms with Gasteiger partial charge in [0.15, 0.2) is 0 Å². The molecule has 3 atom stereocenters. The van der Waals surface area contributed by atoms with Crippen molar-refractivity contribution < 1.29 is 39.3 Å². The largest absolute Gasteiger partial charge is 0.481 e. The first-order valence-corrected chi connectivity index (χ1v) is 10.4. The Morgan fingerprint density at radius 1 is 1.00 bits per heavy atom. The molecule has 3 amide bonds. The zero-order valence-corrected chi connectivity index (χ0v) is 18.1. The normalized spacial score (nSPS) is 13.5. The summed E-state index contributed by atoms with van der Waals surface area (Å²) in [6.07, 6.45) is 0.909. The molecule has 34 heavy (non-hydrogen) atoms. The number of nitrogens with one attached hydrogen (secondary N) is 4. The minimum Gasteiger partial charge on any atom is -0.481 e. The number of carbonyl (C=O) groups is 5. The molecule has 13 heteroatoms. The molecule has 1 aromatic carbocycles. The number of rotatable bonds is 13. The third kappa shape index (κ3) is 7.56. The lowest BCUT2D eigenvalue weighted by molar-refractivity contribution is -0.141. The van der Waals surface area contributed by atoms with E-state index >= 15 is 0 Å². The van der Waals surface area contributed by atoms with Crippen LogP contribution in [0.25, 0.3) is 10.9 Å². The van der Waals surface area contributed by atoms with Crippen molar-refractivity contribution in [2.75, 3.05) is 13.2 Å². The van der Waals surface area contributed by atoms with Crippen LogP contribution >= 0.6 is 0 Å². The molecule has 0 fully saturated rings. The molecule has 1 heterocycles. The number of hydrogen-bond donors (Lipinski definition) is 8. The van der Waals surface area contributed by atoms with Crippen LogP contribution in [0, 0.1) is 0 Å². The van der Waals surface area contributed by atoms with Crippen molar-refractivity contribution in [2.45, 2.75) is 37.4 Å². The summed E-state index contributed by atoms with van der Waals surface area (Å²) in [5, 5.41) is 34.9. The Morgan fingerprint density at radius 2 is 1.71 bits per heavy atom. The van der Waals surface area contributed by atoms with Crippen LogP contribution in [0.15, 0.2) is 30.5 Å². The second-order valence-electron chi connectivity index (χ2n) is 7.52. The number of hydrogen-bond acceptors (Lipinski definition) is 7. The fourth-order valence-electron chi connectivity index (χ4n) is 3.15. The first-order valence-electron chi connectivity index (χ1n) is 10.4. The Hall–Kier alpha value is -3.97. The van der Waals surface area contributed by atoms with Crippen LogP contribution in [-0.4, -0.2) is 81.2 Å². The van der Waals surface area contributed by atoms with Crippen LogP contribution in [0.3, 0.4) is 0 Å². The summed E-state index contributed by atoms with van der Waals surface area (Å²) in [4.78, 5) is 62.1. The summed E-state index contributed by atoms with van der Waals surface area (Å²) < 4.78 is 0. The van der Waals surface area contributed by atoms with Crippen LogP contribution in [0.5, 0.6) is 0 Å². The molecule has 0 saturated heterocycles. The summed E-state index contributed by atoms with van der Waals surface area (Å²) >= 11 is 0. The van der Waals surface area contributed by atoms with E-state index in [1.54, 1.807) is 12.3 Å². The third-order valence-electron chi connectivity index (χ3n) is 4.97. The topological polar surface area (TPSA) is 224 Å². The molecule has 13 nitrogen and oxygen atoms in total. The highest BCUT2D eigenvalue weighted by Crippen LogP contribution is 2.19. The molecule has 3 unspecified atom stereocenters. The van der Waals surface area contributed by atoms with E-state index in [0.29, 0.717) is 5.56 Å². The van der Waals surface area contributed by atoms with Gasteiger partial charge >= 0.3 is 11.9 Å². The number of amides is 3. The second kappa shape index (κ2) is 12.3. The van der Waals surface area contributed by atoms with E-state index in [0.717, 1.165) is 10.9 Å². The predicted octanol–water partition coefficient (Wildman–Crippen LogP) is -1.93. The van der Waals surface area contributed by atoms with Crippen molar-refractivity contribution in [3.05, 3.63) is 36.0 Å². The zero-order valence-electron chi connectivity index (χ0n) is 18.1. The number of aromatic nitrogens is 1. The minimum absolute atomic E-state index is 0.00459. The van der Waals surface area contributed by atoms with Gasteiger partial charge in [0.1, 0.15) is 18.1 Å². The maximum absolute atomic E-state index is 12.4. The summed E-state index contributed by atoms with van der Waals surface area (Å²) in [6, 6.07) is 3.36. The number of carbonyl (C=O) groups excluding carboxylic acids is 3. The minimum atomic E-state index is -1.32. The molecular weight excluding hydrogens is 450 g/mol. The van der Waals surface area contributed by atoms with E-state index in [9.17, 15) is 29.1 Å². The average molecular weight is 477 g/mol. The maximum atomic E-state index is 12.4. The molecule has 0 spiro atoms. The number of aliphatic hydroxyl groups is 1. The smallest absolute Gasteiger partial charge is 0.326 e. The number of H-pyrrole nitrogens is 1. The number of fused-ring (bicyclic) bond motifs is 1. The summed E-state index contributed by atoms with van der Waals surface area (Å²) in [5.41, 5.74) is 6.88. The van der Waals surface area contributed by atoms with Gasteiger partial charge in [-0.25, -0.2) is 4.79 Å². The number of benzene rings is 1. The van der Waals surface area contributed by atoms with Gasteiger partial charge in [0.2, 0.25) is 17.7 Å². The van der Waals surface area contributed by atoms with Crippen LogP contribution in [0.2, 0.25) is 0 Å². The van der Waals surface area contributed by atoms with Crippen LogP contribution in [0.1, 0.15) is 18.4 Å². The second-order valence-corrected chi connectivity index (χ2v) is 7.52. The molecule has 0 aliphatic carbocycles. The van der Waals surface area contributed by atoms with Gasteiger partial charge in [-0.1, -0.05) is 18.2 Å². The maximum Gasteiger partial charge on any atom is 0.326 e. The molecule has 9 N–H and O–H groups in total. The van der Waals surface area contributed by atoms with Crippen molar-refractivity contribution in [1.29, 1.82) is 0 Å². The molecule has 1 aromatic heterocycles. The summed E-state index contributed by atoms with van der Waals surface area (Å²) in [7, 11) is 0. The number of aliphatic hydroxyl groups excluding tert-OH is 1. The van der Waals surface area contributed by atoms with E-state index in [1.165, 1.54) is 0 Å². The molecule has 2 aromatic rings. The lowest BCUT2D eigenvalue weighted by Gasteiger charge is -2.20. The number of aliphatic carboxylic acids is 2. The SMILES string of the molecule is NC(CO)C(=O)NC(CCC(=O)O)C(=O)NCC(=O)NC(Cc1c[nH]c2ccccc12)C(=O)O. The number of carboxylic acids is 2. The quantitative estimate of drug-likeness (QED) is 0.160. The van der Waals surface area contributed by atoms with Gasteiger partial charge in [-0.2, -0.15) is 0 Å². The Kier molecular flexibility index (Phi) is 9.52. The van der Waals surface area contributed by atoms with E-state index < -0.39 is 67.4 Å². The zero-order chi connectivity index (χ0) is 25.3. The van der Waals surface area contributed by atoms with Crippen LogP contribution in [0.4, 0.5) is 0 Å². The third-order valence-corrected chi connectivity index (χ3v) is 4.97. The standard InChI is InChI=1S/C21H27N5O8/c22-13(10-27)19(31)26-15(5-6-18(29)30)20(32)24-9-17(28)25-16(21(33)34)7-11-8-23-14-4-2-1-3-12(11)14/h1-4,8,13,15-16,23,27H,5-7,9-10,22H2,(H,24,32)(H,25,28)(H,26,31)(H,29,30)(H,33,34). The van der Waals surface area contributed by atoms with Gasteiger partial charge in [0.25, 0.3) is 0 Å². The fourth-order valence-corrected chi connectivity index (χ4v) is 3.15. The highest BCUT2D eigenvalue weighted by Gasteiger charge is 2.26. The Bertz CT molecular complexity index is 1050. The van der Waals surface area contributed by atoms with Crippen molar-refractivity contribution in [1.82, 2.24) is 20.9 Å². The van der Waals surface area contributed by atoms with Crippen LogP contribution in [-0.2, 0) is 30.4 Å². The Balaban J connectivity index is 1.97. The average Bonchev–Trinajstić information content (AvgIpc) is 3.21. The first kappa shape index (κ1) is 26.3. The fraction of sp³-hybridized carbons (Fsp3) is 0.381. The monoisotopic (exact) mass is 477 g/mol. The molecule has 2 rings (SSSR count). The molecule has 0 bridgehead atoms. The van der Waals surface area contributed by atoms with Crippen molar-refractivity contribution in [3.8, 4) is 0 Å². The van der Waals surface area contributed by atoms with E-state index in [1.807, 2.05) is 18.2 Å². The van der Waals surface area contributed by atoms with Crippen molar-refractivity contribution in [2.24, 2.45) is 5.73 Å².